The molecule has 0 saturated heterocycles. The Kier molecular flexibility index (Phi) is 4.46. The van der Waals surface area contributed by atoms with Crippen molar-refractivity contribution >= 4 is 17.6 Å². The number of carbonyl (C=O) groups is 2. The molecule has 3 amide bonds. The molecule has 8 nitrogen and oxygen atoms in total. The highest BCUT2D eigenvalue weighted by Crippen LogP contribution is 2.03. The van der Waals surface area contributed by atoms with E-state index in [0.29, 0.717) is 5.69 Å². The van der Waals surface area contributed by atoms with E-state index in [4.69, 9.17) is 10.8 Å². The molecule has 5 N–H and O–H groups in total. The van der Waals surface area contributed by atoms with Crippen molar-refractivity contribution in [3.8, 4) is 0 Å². The number of aliphatic hydroxyl groups excluding tert-OH is 1. The molecule has 0 aliphatic rings. The monoisotopic (exact) mass is 241 g/mol. The van der Waals surface area contributed by atoms with Crippen molar-refractivity contribution in [2.75, 3.05) is 11.9 Å². The van der Waals surface area contributed by atoms with Crippen molar-refractivity contribution in [1.82, 2.24) is 15.1 Å². The lowest BCUT2D eigenvalue weighted by molar-refractivity contribution is -0.118. The van der Waals surface area contributed by atoms with E-state index in [9.17, 15) is 9.59 Å². The second-order valence-electron chi connectivity index (χ2n) is 3.58. The van der Waals surface area contributed by atoms with E-state index in [1.54, 1.807) is 6.92 Å². The molecule has 0 bridgehead atoms. The van der Waals surface area contributed by atoms with Crippen LogP contribution in [-0.2, 0) is 11.3 Å². The Bertz CT molecular complexity index is 401. The SMILES string of the molecule is CC(O)CNC(=O)Nc1cnn(CC(N)=O)c1. The van der Waals surface area contributed by atoms with Gasteiger partial charge < -0.3 is 21.5 Å². The molecule has 8 heteroatoms. The summed E-state index contributed by atoms with van der Waals surface area (Å²) in [4.78, 5) is 21.9. The van der Waals surface area contributed by atoms with E-state index in [2.05, 4.69) is 15.7 Å². The number of aliphatic hydroxyl groups is 1. The Balaban J connectivity index is 2.43. The summed E-state index contributed by atoms with van der Waals surface area (Å²) >= 11 is 0. The minimum Gasteiger partial charge on any atom is -0.392 e. The minimum atomic E-state index is -0.613. The molecule has 0 aromatic carbocycles. The van der Waals surface area contributed by atoms with Crippen molar-refractivity contribution in [2.45, 2.75) is 19.6 Å². The molecule has 1 atom stereocenters. The number of nitrogens with one attached hydrogen (secondary N) is 2. The molecule has 17 heavy (non-hydrogen) atoms. The third-order valence-electron chi connectivity index (χ3n) is 1.77. The fourth-order valence-corrected chi connectivity index (χ4v) is 1.09. The summed E-state index contributed by atoms with van der Waals surface area (Å²) in [6.07, 6.45) is 2.26. The largest absolute Gasteiger partial charge is 0.392 e. The Morgan fingerprint density at radius 1 is 1.65 bits per heavy atom. The molecule has 1 unspecified atom stereocenters. The predicted octanol–water partition coefficient (Wildman–Crippen LogP) is -1.13. The summed E-state index contributed by atoms with van der Waals surface area (Å²) in [5, 5.41) is 17.7. The van der Waals surface area contributed by atoms with Gasteiger partial charge in [-0.15, -0.1) is 0 Å². The van der Waals surface area contributed by atoms with Crippen LogP contribution >= 0.6 is 0 Å². The second-order valence-corrected chi connectivity index (χ2v) is 3.58. The summed E-state index contributed by atoms with van der Waals surface area (Å²) in [7, 11) is 0. The first-order valence-corrected chi connectivity index (χ1v) is 5.01. The van der Waals surface area contributed by atoms with E-state index in [-0.39, 0.29) is 13.1 Å². The number of aromatic nitrogens is 2. The number of hydrogen-bond acceptors (Lipinski definition) is 4. The van der Waals surface area contributed by atoms with Gasteiger partial charge in [-0.1, -0.05) is 0 Å². The maximum atomic E-state index is 11.3. The van der Waals surface area contributed by atoms with Crippen LogP contribution in [0.25, 0.3) is 0 Å². The first-order valence-electron chi connectivity index (χ1n) is 5.01. The maximum Gasteiger partial charge on any atom is 0.319 e. The Labute approximate surface area is 97.8 Å². The molecule has 1 aromatic rings. The van der Waals surface area contributed by atoms with Crippen LogP contribution in [0.1, 0.15) is 6.92 Å². The zero-order valence-corrected chi connectivity index (χ0v) is 9.38. The van der Waals surface area contributed by atoms with Crippen molar-refractivity contribution in [2.24, 2.45) is 5.73 Å². The number of nitrogens with two attached hydrogens (primary N) is 1. The molecule has 0 spiro atoms. The average Bonchev–Trinajstić information content (AvgIpc) is 2.61. The highest BCUT2D eigenvalue weighted by molar-refractivity contribution is 5.88. The van der Waals surface area contributed by atoms with Crippen molar-refractivity contribution in [3.63, 3.8) is 0 Å². The smallest absolute Gasteiger partial charge is 0.319 e. The summed E-state index contributed by atoms with van der Waals surface area (Å²) in [5.41, 5.74) is 5.43. The lowest BCUT2D eigenvalue weighted by Gasteiger charge is -2.07. The fraction of sp³-hybridized carbons (Fsp3) is 0.444. The highest BCUT2D eigenvalue weighted by atomic mass is 16.3. The second kappa shape index (κ2) is 5.85. The summed E-state index contributed by atoms with van der Waals surface area (Å²) in [5.74, 6) is -0.516. The molecular formula is C9H15N5O3. The van der Waals surface area contributed by atoms with Gasteiger partial charge in [-0.2, -0.15) is 5.10 Å². The standard InChI is InChI=1S/C9H15N5O3/c1-6(15)2-11-9(17)13-7-3-12-14(4-7)5-8(10)16/h3-4,6,15H,2,5H2,1H3,(H2,10,16)(H2,11,13,17). The number of rotatable bonds is 5. The molecule has 1 aromatic heterocycles. The van der Waals surface area contributed by atoms with Crippen LogP contribution in [0.2, 0.25) is 0 Å². The summed E-state index contributed by atoms with van der Waals surface area (Å²) < 4.78 is 1.31. The summed E-state index contributed by atoms with van der Waals surface area (Å²) in [6.45, 7) is 1.67. The zero-order chi connectivity index (χ0) is 12.8. The number of carbonyl (C=O) groups excluding carboxylic acids is 2. The van der Waals surface area contributed by atoms with E-state index in [1.165, 1.54) is 17.1 Å². The van der Waals surface area contributed by atoms with Gasteiger partial charge >= 0.3 is 6.03 Å². The van der Waals surface area contributed by atoms with Crippen LogP contribution in [0.5, 0.6) is 0 Å². The van der Waals surface area contributed by atoms with Crippen molar-refractivity contribution < 1.29 is 14.7 Å². The van der Waals surface area contributed by atoms with Gasteiger partial charge in [0, 0.05) is 12.7 Å². The molecule has 0 radical (unpaired) electrons. The molecule has 0 aliphatic carbocycles. The van der Waals surface area contributed by atoms with Crippen LogP contribution in [0.3, 0.4) is 0 Å². The number of hydrogen-bond donors (Lipinski definition) is 4. The minimum absolute atomic E-state index is 0.0447. The topological polar surface area (TPSA) is 122 Å². The maximum absolute atomic E-state index is 11.3. The molecule has 94 valence electrons. The average molecular weight is 241 g/mol. The quantitative estimate of drug-likeness (QED) is 0.521. The van der Waals surface area contributed by atoms with Crippen molar-refractivity contribution in [1.29, 1.82) is 0 Å². The molecule has 1 rings (SSSR count). The van der Waals surface area contributed by atoms with Gasteiger partial charge in [-0.05, 0) is 6.92 Å². The lowest BCUT2D eigenvalue weighted by Crippen LogP contribution is -2.34. The van der Waals surface area contributed by atoms with E-state index >= 15 is 0 Å². The van der Waals surface area contributed by atoms with Gasteiger partial charge in [-0.25, -0.2) is 4.79 Å². The Morgan fingerprint density at radius 3 is 2.94 bits per heavy atom. The normalized spacial score (nSPS) is 11.9. The predicted molar refractivity (Wildman–Crippen MR) is 60.1 cm³/mol. The molecular weight excluding hydrogens is 226 g/mol. The highest BCUT2D eigenvalue weighted by Gasteiger charge is 2.05. The number of anilines is 1. The van der Waals surface area contributed by atoms with E-state index in [0.717, 1.165) is 0 Å². The zero-order valence-electron chi connectivity index (χ0n) is 9.38. The van der Waals surface area contributed by atoms with Gasteiger partial charge in [0.2, 0.25) is 5.91 Å². The Hall–Kier alpha value is -2.09. The van der Waals surface area contributed by atoms with Gasteiger partial charge in [0.15, 0.2) is 0 Å². The number of primary amides is 1. The third kappa shape index (κ3) is 4.98. The van der Waals surface area contributed by atoms with Gasteiger partial charge in [-0.3, -0.25) is 9.48 Å². The van der Waals surface area contributed by atoms with Gasteiger partial charge in [0.25, 0.3) is 0 Å². The van der Waals surface area contributed by atoms with Crippen LogP contribution in [0.15, 0.2) is 12.4 Å². The van der Waals surface area contributed by atoms with Gasteiger partial charge in [0.05, 0.1) is 18.0 Å². The molecule has 0 aliphatic heterocycles. The van der Waals surface area contributed by atoms with Gasteiger partial charge in [0.1, 0.15) is 6.54 Å². The first-order chi connectivity index (χ1) is 7.97. The first kappa shape index (κ1) is 13.0. The fourth-order valence-electron chi connectivity index (χ4n) is 1.09. The van der Waals surface area contributed by atoms with Crippen LogP contribution in [-0.4, -0.2) is 39.5 Å². The lowest BCUT2D eigenvalue weighted by atomic mass is 10.4. The van der Waals surface area contributed by atoms with E-state index in [1.807, 2.05) is 0 Å². The number of amides is 3. The molecule has 0 saturated carbocycles. The van der Waals surface area contributed by atoms with Crippen molar-refractivity contribution in [3.05, 3.63) is 12.4 Å². The molecule has 1 heterocycles. The van der Waals surface area contributed by atoms with E-state index < -0.39 is 18.0 Å². The third-order valence-corrected chi connectivity index (χ3v) is 1.77. The number of urea groups is 1. The van der Waals surface area contributed by atoms with Crippen LogP contribution in [0.4, 0.5) is 10.5 Å². The molecule has 0 fully saturated rings. The van der Waals surface area contributed by atoms with Crippen LogP contribution in [0, 0.1) is 0 Å². The van der Waals surface area contributed by atoms with Crippen LogP contribution < -0.4 is 16.4 Å². The Morgan fingerprint density at radius 2 is 2.35 bits per heavy atom. The summed E-state index contributed by atoms with van der Waals surface area (Å²) in [6, 6.07) is -0.454. The number of nitrogens with zero attached hydrogens (tertiary/aromatic N) is 2.